The molecule has 0 aliphatic carbocycles. The number of benzene rings is 1. The summed E-state index contributed by atoms with van der Waals surface area (Å²) in [5, 5.41) is 9.88. The largest absolute Gasteiger partial charge is 0.334 e. The number of carbonyl (C=O) groups is 1. The van der Waals surface area contributed by atoms with E-state index in [1.807, 2.05) is 59.4 Å². The van der Waals surface area contributed by atoms with Crippen molar-refractivity contribution in [3.63, 3.8) is 0 Å². The lowest BCUT2D eigenvalue weighted by molar-refractivity contribution is 0.240. The summed E-state index contributed by atoms with van der Waals surface area (Å²) in [6.07, 6.45) is 10.6. The molecule has 4 aromatic rings. The first-order valence-corrected chi connectivity index (χ1v) is 8.82. The molecule has 3 heterocycles. The molecule has 0 spiro atoms. The van der Waals surface area contributed by atoms with Crippen LogP contribution in [-0.4, -0.2) is 30.3 Å². The fourth-order valence-electron chi connectivity index (χ4n) is 2.73. The second-order valence-corrected chi connectivity index (χ2v) is 6.15. The number of hydrogen-bond donors (Lipinski definition) is 2. The quantitative estimate of drug-likeness (QED) is 0.543. The van der Waals surface area contributed by atoms with Gasteiger partial charge in [0.2, 0.25) is 0 Å². The minimum atomic E-state index is -0.226. The zero-order valence-corrected chi connectivity index (χ0v) is 15.1. The number of hydrogen-bond acceptors (Lipinski definition) is 4. The van der Waals surface area contributed by atoms with E-state index in [4.69, 9.17) is 0 Å². The van der Waals surface area contributed by atoms with Crippen molar-refractivity contribution in [1.82, 2.24) is 34.9 Å². The molecule has 1 aromatic carbocycles. The Balaban J connectivity index is 1.27. The van der Waals surface area contributed by atoms with Gasteiger partial charge in [-0.15, -0.1) is 0 Å². The van der Waals surface area contributed by atoms with Crippen molar-refractivity contribution in [2.75, 3.05) is 0 Å². The van der Waals surface area contributed by atoms with Gasteiger partial charge in [0, 0.05) is 49.8 Å². The van der Waals surface area contributed by atoms with Crippen LogP contribution in [0, 0.1) is 0 Å². The molecule has 4 rings (SSSR count). The van der Waals surface area contributed by atoms with Crippen LogP contribution >= 0.6 is 0 Å². The van der Waals surface area contributed by atoms with Gasteiger partial charge >= 0.3 is 6.03 Å². The number of nitrogens with one attached hydrogen (secondary N) is 2. The molecule has 2 amide bonds. The normalized spacial score (nSPS) is 10.6. The van der Waals surface area contributed by atoms with Crippen LogP contribution in [0.25, 0.3) is 11.5 Å². The molecule has 0 unspecified atom stereocenters. The predicted octanol–water partition coefficient (Wildman–Crippen LogP) is 2.45. The number of nitrogens with zero attached hydrogens (tertiary/aromatic N) is 5. The zero-order chi connectivity index (χ0) is 19.2. The summed E-state index contributed by atoms with van der Waals surface area (Å²) in [7, 11) is 0. The lowest BCUT2D eigenvalue weighted by Gasteiger charge is -2.09. The van der Waals surface area contributed by atoms with E-state index in [-0.39, 0.29) is 6.03 Å². The Morgan fingerprint density at radius 1 is 0.929 bits per heavy atom. The third-order valence-corrected chi connectivity index (χ3v) is 4.19. The van der Waals surface area contributed by atoms with Crippen molar-refractivity contribution >= 4 is 6.03 Å². The molecule has 0 saturated heterocycles. The van der Waals surface area contributed by atoms with Crippen LogP contribution in [0.2, 0.25) is 0 Å². The fourth-order valence-corrected chi connectivity index (χ4v) is 2.73. The number of urea groups is 1. The third kappa shape index (κ3) is 4.24. The number of carbonyl (C=O) groups excluding carboxylic acids is 1. The summed E-state index contributed by atoms with van der Waals surface area (Å²) in [5.74, 6) is 0.711. The highest BCUT2D eigenvalue weighted by molar-refractivity contribution is 5.73. The Morgan fingerprint density at radius 2 is 1.75 bits per heavy atom. The summed E-state index contributed by atoms with van der Waals surface area (Å²) < 4.78 is 3.60. The molecule has 0 fully saturated rings. The summed E-state index contributed by atoms with van der Waals surface area (Å²) >= 11 is 0. The first kappa shape index (κ1) is 17.5. The van der Waals surface area contributed by atoms with Gasteiger partial charge in [0.1, 0.15) is 0 Å². The highest BCUT2D eigenvalue weighted by atomic mass is 16.2. The van der Waals surface area contributed by atoms with Gasteiger partial charge in [-0.25, -0.2) is 19.4 Å². The molecule has 8 heteroatoms. The molecule has 0 saturated carbocycles. The zero-order valence-electron chi connectivity index (χ0n) is 15.1. The molecule has 2 N–H and O–H groups in total. The predicted molar refractivity (Wildman–Crippen MR) is 104 cm³/mol. The summed E-state index contributed by atoms with van der Waals surface area (Å²) in [4.78, 5) is 20.4. The van der Waals surface area contributed by atoms with Gasteiger partial charge in [0.25, 0.3) is 0 Å². The SMILES string of the molecule is O=C(NCc1ccc(-n2ccnc2)cc1)NCc1ccnc(-n2cccn2)c1. The van der Waals surface area contributed by atoms with Gasteiger partial charge in [-0.2, -0.15) is 5.10 Å². The van der Waals surface area contributed by atoms with Crippen molar-refractivity contribution in [3.05, 3.63) is 90.9 Å². The van der Waals surface area contributed by atoms with Gasteiger partial charge in [-0.3, -0.25) is 0 Å². The summed E-state index contributed by atoms with van der Waals surface area (Å²) in [6, 6.07) is 13.3. The van der Waals surface area contributed by atoms with E-state index in [0.717, 1.165) is 16.8 Å². The molecular weight excluding hydrogens is 354 g/mol. The van der Waals surface area contributed by atoms with Crippen LogP contribution in [0.15, 0.2) is 79.8 Å². The maximum atomic E-state index is 12.1. The van der Waals surface area contributed by atoms with Crippen LogP contribution in [0.5, 0.6) is 0 Å². The van der Waals surface area contributed by atoms with Gasteiger partial charge in [-0.1, -0.05) is 12.1 Å². The average molecular weight is 373 g/mol. The average Bonchev–Trinajstić information content (AvgIpc) is 3.46. The molecule has 0 radical (unpaired) electrons. The van der Waals surface area contributed by atoms with E-state index in [1.54, 1.807) is 29.6 Å². The van der Waals surface area contributed by atoms with Crippen LogP contribution in [-0.2, 0) is 13.1 Å². The Morgan fingerprint density at radius 3 is 2.46 bits per heavy atom. The van der Waals surface area contributed by atoms with Crippen molar-refractivity contribution in [2.24, 2.45) is 0 Å². The second kappa shape index (κ2) is 8.17. The smallest absolute Gasteiger partial charge is 0.315 e. The molecule has 28 heavy (non-hydrogen) atoms. The second-order valence-electron chi connectivity index (χ2n) is 6.15. The fraction of sp³-hybridized carbons (Fsp3) is 0.100. The minimum absolute atomic E-state index is 0.226. The van der Waals surface area contributed by atoms with Crippen LogP contribution < -0.4 is 10.6 Å². The molecular formula is C20H19N7O. The van der Waals surface area contributed by atoms with Crippen LogP contribution in [0.1, 0.15) is 11.1 Å². The molecule has 3 aromatic heterocycles. The summed E-state index contributed by atoms with van der Waals surface area (Å²) in [5.41, 5.74) is 2.99. The lowest BCUT2D eigenvalue weighted by atomic mass is 10.2. The Labute approximate surface area is 161 Å². The summed E-state index contributed by atoms with van der Waals surface area (Å²) in [6.45, 7) is 0.854. The maximum absolute atomic E-state index is 12.1. The van der Waals surface area contributed by atoms with Gasteiger partial charge in [0.15, 0.2) is 5.82 Å². The van der Waals surface area contributed by atoms with E-state index < -0.39 is 0 Å². The van der Waals surface area contributed by atoms with Gasteiger partial charge in [-0.05, 0) is 41.5 Å². The Hall–Kier alpha value is -3.94. The highest BCUT2D eigenvalue weighted by Gasteiger charge is 2.04. The van der Waals surface area contributed by atoms with E-state index in [1.165, 1.54) is 0 Å². The molecule has 0 aliphatic heterocycles. The maximum Gasteiger partial charge on any atom is 0.315 e. The van der Waals surface area contributed by atoms with Crippen molar-refractivity contribution in [2.45, 2.75) is 13.1 Å². The number of amides is 2. The lowest BCUT2D eigenvalue weighted by Crippen LogP contribution is -2.34. The van der Waals surface area contributed by atoms with Gasteiger partial charge < -0.3 is 15.2 Å². The van der Waals surface area contributed by atoms with E-state index in [0.29, 0.717) is 18.9 Å². The Kier molecular flexibility index (Phi) is 5.10. The van der Waals surface area contributed by atoms with E-state index in [2.05, 4.69) is 25.7 Å². The molecule has 8 nitrogen and oxygen atoms in total. The topological polar surface area (TPSA) is 89.7 Å². The number of imidazole rings is 1. The molecule has 0 aliphatic rings. The van der Waals surface area contributed by atoms with Crippen molar-refractivity contribution in [1.29, 1.82) is 0 Å². The van der Waals surface area contributed by atoms with Crippen molar-refractivity contribution < 1.29 is 4.79 Å². The van der Waals surface area contributed by atoms with Crippen LogP contribution in [0.3, 0.4) is 0 Å². The van der Waals surface area contributed by atoms with Crippen LogP contribution in [0.4, 0.5) is 4.79 Å². The standard InChI is InChI=1S/C20H19N7O/c28-20(23-13-16-2-4-18(5-3-16)26-11-9-21-15-26)24-14-17-6-8-22-19(12-17)27-10-1-7-25-27/h1-12,15H,13-14H2,(H2,23,24,28). The molecule has 0 bridgehead atoms. The first-order chi connectivity index (χ1) is 13.8. The number of pyridine rings is 1. The number of aromatic nitrogens is 5. The van der Waals surface area contributed by atoms with Gasteiger partial charge in [0.05, 0.1) is 6.33 Å². The minimum Gasteiger partial charge on any atom is -0.334 e. The molecule has 0 atom stereocenters. The van der Waals surface area contributed by atoms with Crippen molar-refractivity contribution in [3.8, 4) is 11.5 Å². The van der Waals surface area contributed by atoms with E-state index in [9.17, 15) is 4.79 Å². The number of rotatable bonds is 6. The molecule has 140 valence electrons. The monoisotopic (exact) mass is 373 g/mol. The highest BCUT2D eigenvalue weighted by Crippen LogP contribution is 2.09. The van der Waals surface area contributed by atoms with E-state index >= 15 is 0 Å². The first-order valence-electron chi connectivity index (χ1n) is 8.82. The Bertz CT molecular complexity index is 1020. The third-order valence-electron chi connectivity index (χ3n) is 4.19.